The van der Waals surface area contributed by atoms with Crippen molar-refractivity contribution in [2.75, 3.05) is 5.32 Å². The van der Waals surface area contributed by atoms with Crippen LogP contribution in [0.1, 0.15) is 41.3 Å². The second-order valence-corrected chi connectivity index (χ2v) is 6.67. The molecule has 0 unspecified atom stereocenters. The lowest BCUT2D eigenvalue weighted by Crippen LogP contribution is -2.11. The predicted octanol–water partition coefficient (Wildman–Crippen LogP) is 6.16. The summed E-state index contributed by atoms with van der Waals surface area (Å²) in [5, 5.41) is 2.91. The van der Waals surface area contributed by atoms with Gasteiger partial charge in [0.15, 0.2) is 0 Å². The second kappa shape index (κ2) is 7.87. The third-order valence-electron chi connectivity index (χ3n) is 4.18. The fourth-order valence-electron chi connectivity index (χ4n) is 2.64. The fraction of sp³-hybridized carbons (Fsp3) is 0.174. The van der Waals surface area contributed by atoms with Gasteiger partial charge in [-0.25, -0.2) is 0 Å². The Morgan fingerprint density at radius 3 is 2.19 bits per heavy atom. The van der Waals surface area contributed by atoms with Crippen molar-refractivity contribution in [3.63, 3.8) is 0 Å². The zero-order valence-corrected chi connectivity index (χ0v) is 15.3. The molecule has 3 aromatic carbocycles. The van der Waals surface area contributed by atoms with Crippen LogP contribution in [-0.2, 0) is 0 Å². The zero-order chi connectivity index (χ0) is 18.5. The number of amides is 1. The van der Waals surface area contributed by atoms with Gasteiger partial charge in [0.25, 0.3) is 5.91 Å². The average molecular weight is 345 g/mol. The lowest BCUT2D eigenvalue weighted by Gasteiger charge is -2.09. The third kappa shape index (κ3) is 4.51. The molecule has 0 aliphatic rings. The van der Waals surface area contributed by atoms with E-state index >= 15 is 0 Å². The van der Waals surface area contributed by atoms with Crippen LogP contribution >= 0.6 is 0 Å². The lowest BCUT2D eigenvalue weighted by atomic mass is 10.0. The molecule has 0 bridgehead atoms. The van der Waals surface area contributed by atoms with Gasteiger partial charge in [0, 0.05) is 11.3 Å². The number of hydrogen-bond acceptors (Lipinski definition) is 2. The molecule has 0 atom stereocenters. The smallest absolute Gasteiger partial charge is 0.255 e. The maximum absolute atomic E-state index is 12.4. The largest absolute Gasteiger partial charge is 0.457 e. The first kappa shape index (κ1) is 17.7. The van der Waals surface area contributed by atoms with Crippen LogP contribution in [0.25, 0.3) is 0 Å². The molecule has 1 amide bonds. The quantitative estimate of drug-likeness (QED) is 0.601. The zero-order valence-electron chi connectivity index (χ0n) is 15.3. The first-order valence-electron chi connectivity index (χ1n) is 8.77. The molecule has 132 valence electrons. The number of carbonyl (C=O) groups is 1. The highest BCUT2D eigenvalue weighted by Crippen LogP contribution is 2.24. The normalized spacial score (nSPS) is 10.6. The number of ether oxygens (including phenoxy) is 1. The summed E-state index contributed by atoms with van der Waals surface area (Å²) < 4.78 is 5.83. The first-order valence-corrected chi connectivity index (χ1v) is 8.77. The molecular formula is C23H23NO2. The van der Waals surface area contributed by atoms with E-state index in [4.69, 9.17) is 4.74 Å². The van der Waals surface area contributed by atoms with Crippen molar-refractivity contribution in [3.8, 4) is 11.5 Å². The molecular weight excluding hydrogens is 322 g/mol. The van der Waals surface area contributed by atoms with E-state index in [1.54, 1.807) is 0 Å². The van der Waals surface area contributed by atoms with Gasteiger partial charge in [-0.3, -0.25) is 4.79 Å². The molecule has 0 aromatic heterocycles. The molecule has 0 spiro atoms. The number of carbonyl (C=O) groups excluding carboxylic acids is 1. The van der Waals surface area contributed by atoms with Gasteiger partial charge in [0.1, 0.15) is 11.5 Å². The minimum absolute atomic E-state index is 0.118. The van der Waals surface area contributed by atoms with Gasteiger partial charge in [-0.1, -0.05) is 38.1 Å². The van der Waals surface area contributed by atoms with Crippen LogP contribution < -0.4 is 10.1 Å². The van der Waals surface area contributed by atoms with Crippen molar-refractivity contribution in [1.29, 1.82) is 0 Å². The summed E-state index contributed by atoms with van der Waals surface area (Å²) in [4.78, 5) is 12.4. The van der Waals surface area contributed by atoms with Crippen LogP contribution in [0.5, 0.6) is 11.5 Å². The summed E-state index contributed by atoms with van der Waals surface area (Å²) in [5.41, 5.74) is 3.75. The minimum Gasteiger partial charge on any atom is -0.457 e. The summed E-state index contributed by atoms with van der Waals surface area (Å²) in [6.45, 7) is 6.30. The Bertz CT molecular complexity index is 881. The van der Waals surface area contributed by atoms with E-state index in [0.29, 0.717) is 11.5 Å². The van der Waals surface area contributed by atoms with Gasteiger partial charge >= 0.3 is 0 Å². The second-order valence-electron chi connectivity index (χ2n) is 6.67. The Morgan fingerprint density at radius 2 is 1.58 bits per heavy atom. The summed E-state index contributed by atoms with van der Waals surface area (Å²) in [6.07, 6.45) is 0. The topological polar surface area (TPSA) is 38.3 Å². The van der Waals surface area contributed by atoms with E-state index < -0.39 is 0 Å². The molecule has 0 radical (unpaired) electrons. The van der Waals surface area contributed by atoms with E-state index in [9.17, 15) is 4.79 Å². The molecule has 0 saturated carbocycles. The average Bonchev–Trinajstić information content (AvgIpc) is 2.63. The van der Waals surface area contributed by atoms with Crippen molar-refractivity contribution in [1.82, 2.24) is 0 Å². The Morgan fingerprint density at radius 1 is 0.885 bits per heavy atom. The van der Waals surface area contributed by atoms with E-state index in [-0.39, 0.29) is 5.91 Å². The Balaban J connectivity index is 1.64. The van der Waals surface area contributed by atoms with Gasteiger partial charge < -0.3 is 10.1 Å². The van der Waals surface area contributed by atoms with Crippen molar-refractivity contribution in [2.24, 2.45) is 0 Å². The highest BCUT2D eigenvalue weighted by atomic mass is 16.5. The van der Waals surface area contributed by atoms with E-state index in [1.807, 2.05) is 79.7 Å². The number of nitrogens with one attached hydrogen (secondary N) is 1. The Labute approximate surface area is 154 Å². The molecule has 0 aliphatic carbocycles. The number of benzene rings is 3. The fourth-order valence-corrected chi connectivity index (χ4v) is 2.64. The van der Waals surface area contributed by atoms with Crippen molar-refractivity contribution in [2.45, 2.75) is 26.7 Å². The Hall–Kier alpha value is -3.07. The summed E-state index contributed by atoms with van der Waals surface area (Å²) in [7, 11) is 0. The number of hydrogen-bond donors (Lipinski definition) is 1. The number of anilines is 1. The monoisotopic (exact) mass is 345 g/mol. The van der Waals surface area contributed by atoms with Crippen molar-refractivity contribution in [3.05, 3.63) is 89.5 Å². The molecule has 1 N–H and O–H groups in total. The van der Waals surface area contributed by atoms with Crippen LogP contribution in [0.3, 0.4) is 0 Å². The highest BCUT2D eigenvalue weighted by Gasteiger charge is 2.07. The standard InChI is InChI=1S/C23H23NO2/c1-16(2)18-7-9-19(10-8-18)23(25)24-20-11-13-21(14-12-20)26-22-6-4-5-17(3)15-22/h4-16H,1-3H3,(H,24,25). The van der Waals surface area contributed by atoms with E-state index in [1.165, 1.54) is 5.56 Å². The molecule has 3 nitrogen and oxygen atoms in total. The van der Waals surface area contributed by atoms with Crippen molar-refractivity contribution >= 4 is 11.6 Å². The molecule has 0 saturated heterocycles. The van der Waals surface area contributed by atoms with E-state index in [2.05, 4.69) is 19.2 Å². The van der Waals surface area contributed by atoms with Gasteiger partial charge in [-0.2, -0.15) is 0 Å². The molecule has 26 heavy (non-hydrogen) atoms. The van der Waals surface area contributed by atoms with Gasteiger partial charge in [-0.15, -0.1) is 0 Å². The van der Waals surface area contributed by atoms with E-state index in [0.717, 1.165) is 22.7 Å². The van der Waals surface area contributed by atoms with Gasteiger partial charge in [-0.05, 0) is 72.5 Å². The molecule has 3 heteroatoms. The van der Waals surface area contributed by atoms with Crippen LogP contribution in [0.4, 0.5) is 5.69 Å². The lowest BCUT2D eigenvalue weighted by molar-refractivity contribution is 0.102. The summed E-state index contributed by atoms with van der Waals surface area (Å²) in [6, 6.07) is 23.0. The maximum Gasteiger partial charge on any atom is 0.255 e. The summed E-state index contributed by atoms with van der Waals surface area (Å²) in [5.74, 6) is 1.86. The van der Waals surface area contributed by atoms with Gasteiger partial charge in [0.2, 0.25) is 0 Å². The predicted molar refractivity (Wildman–Crippen MR) is 106 cm³/mol. The molecule has 0 aliphatic heterocycles. The third-order valence-corrected chi connectivity index (χ3v) is 4.18. The molecule has 3 aromatic rings. The SMILES string of the molecule is Cc1cccc(Oc2ccc(NC(=O)c3ccc(C(C)C)cc3)cc2)c1. The number of aryl methyl sites for hydroxylation is 1. The van der Waals surface area contributed by atoms with Crippen LogP contribution in [0, 0.1) is 6.92 Å². The van der Waals surface area contributed by atoms with Crippen LogP contribution in [0.2, 0.25) is 0 Å². The van der Waals surface area contributed by atoms with Crippen LogP contribution in [-0.4, -0.2) is 5.91 Å². The first-order chi connectivity index (χ1) is 12.5. The van der Waals surface area contributed by atoms with Gasteiger partial charge in [0.05, 0.1) is 0 Å². The van der Waals surface area contributed by atoms with Crippen LogP contribution in [0.15, 0.2) is 72.8 Å². The molecule has 0 heterocycles. The Kier molecular flexibility index (Phi) is 5.37. The minimum atomic E-state index is -0.118. The molecule has 3 rings (SSSR count). The highest BCUT2D eigenvalue weighted by molar-refractivity contribution is 6.04. The summed E-state index contributed by atoms with van der Waals surface area (Å²) >= 11 is 0. The molecule has 0 fully saturated rings. The number of rotatable bonds is 5. The van der Waals surface area contributed by atoms with Crippen molar-refractivity contribution < 1.29 is 9.53 Å². The maximum atomic E-state index is 12.4.